The maximum atomic E-state index is 12.6. The Kier molecular flexibility index (Phi) is 6.75. The molecule has 1 amide bonds. The molecule has 0 aliphatic carbocycles. The molecule has 1 aliphatic heterocycles. The van der Waals surface area contributed by atoms with Crippen LogP contribution in [0.1, 0.15) is 67.5 Å². The van der Waals surface area contributed by atoms with Gasteiger partial charge in [0.2, 0.25) is 0 Å². The summed E-state index contributed by atoms with van der Waals surface area (Å²) in [5, 5.41) is 11.5. The Balaban J connectivity index is 1.63. The third-order valence-electron chi connectivity index (χ3n) is 5.74. The van der Waals surface area contributed by atoms with Crippen LogP contribution in [0.2, 0.25) is 0 Å². The van der Waals surface area contributed by atoms with Gasteiger partial charge in [-0.25, -0.2) is 4.68 Å². The lowest BCUT2D eigenvalue weighted by atomic mass is 9.92. The molecular formula is C22H33N5O3. The minimum atomic E-state index is -0.146. The van der Waals surface area contributed by atoms with E-state index in [4.69, 9.17) is 4.52 Å². The van der Waals surface area contributed by atoms with E-state index in [0.29, 0.717) is 30.1 Å². The Morgan fingerprint density at radius 1 is 1.23 bits per heavy atom. The van der Waals surface area contributed by atoms with Crippen molar-refractivity contribution in [3.8, 4) is 0 Å². The molecule has 1 unspecified atom stereocenters. The maximum absolute atomic E-state index is 12.6. The largest absolute Gasteiger partial charge is 0.361 e. The SMILES string of the molecule is Cc1noc(C)c1C(=O)NCC1CCCCN1CCn1nc(C(C)(C)C)ccc1=O. The molecule has 0 radical (unpaired) electrons. The predicted octanol–water partition coefficient (Wildman–Crippen LogP) is 2.43. The number of hydrogen-bond donors (Lipinski definition) is 1. The third kappa shape index (κ3) is 5.16. The summed E-state index contributed by atoms with van der Waals surface area (Å²) in [5.41, 5.74) is 1.85. The van der Waals surface area contributed by atoms with Gasteiger partial charge in [-0.3, -0.25) is 14.5 Å². The van der Waals surface area contributed by atoms with Gasteiger partial charge in [0.15, 0.2) is 0 Å². The number of piperidine rings is 1. The number of likely N-dealkylation sites (tertiary alicyclic amines) is 1. The summed E-state index contributed by atoms with van der Waals surface area (Å²) in [6.07, 6.45) is 3.28. The van der Waals surface area contributed by atoms with Crippen LogP contribution in [0, 0.1) is 13.8 Å². The van der Waals surface area contributed by atoms with Gasteiger partial charge in [0, 0.05) is 30.6 Å². The van der Waals surface area contributed by atoms with E-state index in [0.717, 1.165) is 38.0 Å². The second-order valence-electron chi connectivity index (χ2n) is 9.12. The fourth-order valence-electron chi connectivity index (χ4n) is 3.92. The van der Waals surface area contributed by atoms with E-state index in [9.17, 15) is 9.59 Å². The molecule has 8 nitrogen and oxygen atoms in total. The highest BCUT2D eigenvalue weighted by atomic mass is 16.5. The first-order chi connectivity index (χ1) is 14.2. The van der Waals surface area contributed by atoms with E-state index in [1.54, 1.807) is 24.6 Å². The number of aromatic nitrogens is 3. The van der Waals surface area contributed by atoms with E-state index in [2.05, 4.69) is 41.2 Å². The molecule has 1 N–H and O–H groups in total. The lowest BCUT2D eigenvalue weighted by Gasteiger charge is -2.35. The number of hydrogen-bond acceptors (Lipinski definition) is 6. The Bertz CT molecular complexity index is 921. The summed E-state index contributed by atoms with van der Waals surface area (Å²) in [6, 6.07) is 3.65. The van der Waals surface area contributed by atoms with Gasteiger partial charge in [-0.15, -0.1) is 0 Å². The molecule has 0 bridgehead atoms. The van der Waals surface area contributed by atoms with Gasteiger partial charge in [0.25, 0.3) is 11.5 Å². The van der Waals surface area contributed by atoms with Crippen molar-refractivity contribution in [2.75, 3.05) is 19.6 Å². The highest BCUT2D eigenvalue weighted by molar-refractivity contribution is 5.96. The molecule has 8 heteroatoms. The van der Waals surface area contributed by atoms with Crippen LogP contribution in [-0.4, -0.2) is 51.4 Å². The Hall–Kier alpha value is -2.48. The number of amides is 1. The van der Waals surface area contributed by atoms with Crippen molar-refractivity contribution in [3.63, 3.8) is 0 Å². The molecule has 0 saturated carbocycles. The number of carbonyl (C=O) groups excluding carboxylic acids is 1. The normalized spacial score (nSPS) is 17.8. The van der Waals surface area contributed by atoms with Gasteiger partial charge < -0.3 is 9.84 Å². The monoisotopic (exact) mass is 415 g/mol. The van der Waals surface area contributed by atoms with E-state index in [1.807, 2.05) is 6.07 Å². The van der Waals surface area contributed by atoms with Crippen molar-refractivity contribution in [2.45, 2.75) is 71.9 Å². The van der Waals surface area contributed by atoms with Crippen LogP contribution < -0.4 is 10.9 Å². The molecule has 164 valence electrons. The smallest absolute Gasteiger partial charge is 0.266 e. The minimum Gasteiger partial charge on any atom is -0.361 e. The van der Waals surface area contributed by atoms with E-state index in [-0.39, 0.29) is 22.9 Å². The molecule has 3 rings (SSSR count). The zero-order valence-electron chi connectivity index (χ0n) is 18.7. The van der Waals surface area contributed by atoms with E-state index >= 15 is 0 Å². The standard InChI is InChI=1S/C22H33N5O3/c1-15-20(16(2)30-25-15)21(29)23-14-17-8-6-7-11-26(17)12-13-27-19(28)10-9-18(24-27)22(3,4)5/h9-10,17H,6-8,11-14H2,1-5H3,(H,23,29). The van der Waals surface area contributed by atoms with Crippen LogP contribution >= 0.6 is 0 Å². The van der Waals surface area contributed by atoms with Crippen molar-refractivity contribution in [1.82, 2.24) is 25.2 Å². The van der Waals surface area contributed by atoms with Crippen molar-refractivity contribution < 1.29 is 9.32 Å². The zero-order valence-corrected chi connectivity index (χ0v) is 18.7. The van der Waals surface area contributed by atoms with Gasteiger partial charge in [0.05, 0.1) is 17.9 Å². The van der Waals surface area contributed by atoms with Gasteiger partial charge in [0.1, 0.15) is 11.3 Å². The number of carbonyl (C=O) groups is 1. The predicted molar refractivity (Wildman–Crippen MR) is 115 cm³/mol. The lowest BCUT2D eigenvalue weighted by molar-refractivity contribution is 0.0907. The molecule has 1 saturated heterocycles. The van der Waals surface area contributed by atoms with Crippen LogP contribution in [0.4, 0.5) is 0 Å². The third-order valence-corrected chi connectivity index (χ3v) is 5.74. The first-order valence-electron chi connectivity index (χ1n) is 10.7. The number of nitrogens with one attached hydrogen (secondary N) is 1. The molecular weight excluding hydrogens is 382 g/mol. The second kappa shape index (κ2) is 9.12. The molecule has 2 aromatic rings. The van der Waals surface area contributed by atoms with Crippen molar-refractivity contribution in [2.24, 2.45) is 0 Å². The van der Waals surface area contributed by atoms with Gasteiger partial charge in [-0.2, -0.15) is 5.10 Å². The Morgan fingerprint density at radius 3 is 2.67 bits per heavy atom. The summed E-state index contributed by atoms with van der Waals surface area (Å²) in [7, 11) is 0. The van der Waals surface area contributed by atoms with E-state index in [1.165, 1.54) is 0 Å². The summed E-state index contributed by atoms with van der Waals surface area (Å²) in [4.78, 5) is 27.2. The lowest BCUT2D eigenvalue weighted by Crippen LogP contribution is -2.48. The Labute approximate surface area is 177 Å². The average molecular weight is 416 g/mol. The summed E-state index contributed by atoms with van der Waals surface area (Å²) >= 11 is 0. The minimum absolute atomic E-state index is 0.0803. The van der Waals surface area contributed by atoms with Crippen LogP contribution in [0.5, 0.6) is 0 Å². The number of nitrogens with zero attached hydrogens (tertiary/aromatic N) is 4. The van der Waals surface area contributed by atoms with Gasteiger partial charge in [-0.05, 0) is 39.3 Å². The summed E-state index contributed by atoms with van der Waals surface area (Å²) in [6.45, 7) is 12.6. The highest BCUT2D eigenvalue weighted by Gasteiger charge is 2.25. The Morgan fingerprint density at radius 2 is 2.00 bits per heavy atom. The molecule has 1 fully saturated rings. The molecule has 3 heterocycles. The van der Waals surface area contributed by atoms with Crippen LogP contribution in [0.15, 0.2) is 21.5 Å². The summed E-state index contributed by atoms with van der Waals surface area (Å²) in [5.74, 6) is 0.391. The van der Waals surface area contributed by atoms with Crippen LogP contribution in [0.3, 0.4) is 0 Å². The molecule has 0 aromatic carbocycles. The fraction of sp³-hybridized carbons (Fsp3) is 0.636. The summed E-state index contributed by atoms with van der Waals surface area (Å²) < 4.78 is 6.67. The van der Waals surface area contributed by atoms with Crippen LogP contribution in [0.25, 0.3) is 0 Å². The molecule has 30 heavy (non-hydrogen) atoms. The first-order valence-corrected chi connectivity index (χ1v) is 10.7. The van der Waals surface area contributed by atoms with Crippen molar-refractivity contribution >= 4 is 5.91 Å². The molecule has 1 atom stereocenters. The average Bonchev–Trinajstić information content (AvgIpc) is 3.03. The molecule has 0 spiro atoms. The van der Waals surface area contributed by atoms with Gasteiger partial charge in [-0.1, -0.05) is 32.3 Å². The first kappa shape index (κ1) is 22.2. The molecule has 1 aliphatic rings. The van der Waals surface area contributed by atoms with Crippen LogP contribution in [-0.2, 0) is 12.0 Å². The topological polar surface area (TPSA) is 93.3 Å². The number of rotatable bonds is 6. The van der Waals surface area contributed by atoms with Crippen molar-refractivity contribution in [3.05, 3.63) is 45.2 Å². The molecule has 2 aromatic heterocycles. The zero-order chi connectivity index (χ0) is 21.9. The second-order valence-corrected chi connectivity index (χ2v) is 9.12. The fourth-order valence-corrected chi connectivity index (χ4v) is 3.92. The number of aryl methyl sites for hydroxylation is 2. The highest BCUT2D eigenvalue weighted by Crippen LogP contribution is 2.19. The van der Waals surface area contributed by atoms with Crippen molar-refractivity contribution in [1.29, 1.82) is 0 Å². The van der Waals surface area contributed by atoms with E-state index < -0.39 is 0 Å². The quantitative estimate of drug-likeness (QED) is 0.779. The maximum Gasteiger partial charge on any atom is 0.266 e. The van der Waals surface area contributed by atoms with Gasteiger partial charge >= 0.3 is 0 Å².